The molecule has 0 heterocycles. The van der Waals surface area contributed by atoms with Gasteiger partial charge < -0.3 is 25.0 Å². The topological polar surface area (TPSA) is 146 Å². The van der Waals surface area contributed by atoms with Gasteiger partial charge in [-0.2, -0.15) is 8.42 Å². The molecule has 0 saturated heterocycles. The lowest BCUT2D eigenvalue weighted by Gasteiger charge is -2.11. The zero-order valence-electron chi connectivity index (χ0n) is 13.0. The van der Waals surface area contributed by atoms with E-state index in [1.807, 2.05) is 18.2 Å². The van der Waals surface area contributed by atoms with E-state index in [1.54, 1.807) is 14.2 Å². The summed E-state index contributed by atoms with van der Waals surface area (Å²) in [4.78, 5) is 0. The fourth-order valence-electron chi connectivity index (χ4n) is 1.60. The highest BCUT2D eigenvalue weighted by Crippen LogP contribution is 2.27. The van der Waals surface area contributed by atoms with Crippen molar-refractivity contribution in [2.75, 3.05) is 33.9 Å². The Labute approximate surface area is 135 Å². The molecule has 0 bridgehead atoms. The van der Waals surface area contributed by atoms with Crippen LogP contribution >= 0.6 is 0 Å². The van der Waals surface area contributed by atoms with E-state index in [-0.39, 0.29) is 6.61 Å². The number of hydrogen-bond donors (Lipinski definition) is 5. The van der Waals surface area contributed by atoms with Crippen LogP contribution in [-0.4, -0.2) is 67.8 Å². The van der Waals surface area contributed by atoms with E-state index < -0.39 is 16.5 Å². The zero-order valence-corrected chi connectivity index (χ0v) is 13.8. The van der Waals surface area contributed by atoms with Gasteiger partial charge in [-0.1, -0.05) is 6.07 Å². The number of benzene rings is 1. The minimum atomic E-state index is -4.67. The van der Waals surface area contributed by atoms with Crippen molar-refractivity contribution in [1.29, 1.82) is 0 Å². The molecule has 0 saturated carbocycles. The Balaban J connectivity index is 0.000000841. The largest absolute Gasteiger partial charge is 0.493 e. The Morgan fingerprint density at radius 1 is 1.17 bits per heavy atom. The number of aliphatic hydroxyl groups excluding tert-OH is 2. The van der Waals surface area contributed by atoms with Crippen LogP contribution in [0.4, 0.5) is 0 Å². The first-order valence-electron chi connectivity index (χ1n) is 6.61. The highest BCUT2D eigenvalue weighted by atomic mass is 32.3. The molecule has 0 amide bonds. The van der Waals surface area contributed by atoms with Gasteiger partial charge in [0.1, 0.15) is 0 Å². The highest BCUT2D eigenvalue weighted by molar-refractivity contribution is 7.79. The molecule has 0 aliphatic carbocycles. The number of ether oxygens (including phenoxy) is 2. The molecule has 1 unspecified atom stereocenters. The summed E-state index contributed by atoms with van der Waals surface area (Å²) in [6.45, 7) is 0.902. The predicted molar refractivity (Wildman–Crippen MR) is 83.4 cm³/mol. The molecule has 0 aliphatic rings. The second-order valence-corrected chi connectivity index (χ2v) is 5.32. The molecule has 5 N–H and O–H groups in total. The van der Waals surface area contributed by atoms with Crippen LogP contribution in [0, 0.1) is 0 Å². The smallest absolute Gasteiger partial charge is 0.394 e. The van der Waals surface area contributed by atoms with Crippen LogP contribution in [0.2, 0.25) is 0 Å². The van der Waals surface area contributed by atoms with Crippen molar-refractivity contribution in [2.24, 2.45) is 0 Å². The van der Waals surface area contributed by atoms with Crippen molar-refractivity contribution < 1.29 is 37.2 Å². The van der Waals surface area contributed by atoms with Crippen molar-refractivity contribution in [2.45, 2.75) is 12.5 Å². The summed E-state index contributed by atoms with van der Waals surface area (Å²) >= 11 is 0. The quantitative estimate of drug-likeness (QED) is 0.309. The van der Waals surface area contributed by atoms with E-state index in [1.165, 1.54) is 0 Å². The van der Waals surface area contributed by atoms with E-state index in [0.717, 1.165) is 18.5 Å². The van der Waals surface area contributed by atoms with Crippen LogP contribution in [0.3, 0.4) is 0 Å². The Kier molecular flexibility index (Phi) is 10.5. The van der Waals surface area contributed by atoms with E-state index in [0.29, 0.717) is 18.0 Å². The third-order valence-corrected chi connectivity index (χ3v) is 2.63. The maximum absolute atomic E-state index is 9.16. The average Bonchev–Trinajstić information content (AvgIpc) is 2.49. The number of methoxy groups -OCH3 is 2. The SMILES string of the molecule is COc1ccc(CCNCC(O)CO)cc1OC.O=S(=O)(O)O. The third kappa shape index (κ3) is 11.8. The normalized spacial score (nSPS) is 12.1. The molecule has 9 nitrogen and oxygen atoms in total. The van der Waals surface area contributed by atoms with Crippen molar-refractivity contribution in [1.82, 2.24) is 5.32 Å². The summed E-state index contributed by atoms with van der Waals surface area (Å²) in [5.41, 5.74) is 1.12. The van der Waals surface area contributed by atoms with Gasteiger partial charge >= 0.3 is 10.4 Å². The first-order chi connectivity index (χ1) is 10.7. The molecule has 1 rings (SSSR count). The molecule has 23 heavy (non-hydrogen) atoms. The lowest BCUT2D eigenvalue weighted by molar-refractivity contribution is 0.0947. The molecule has 1 aromatic rings. The monoisotopic (exact) mass is 353 g/mol. The predicted octanol–water partition coefficient (Wildman–Crippen LogP) is -0.464. The molecule has 0 aliphatic heterocycles. The molecular formula is C13H23NO8S. The Morgan fingerprint density at radius 3 is 2.22 bits per heavy atom. The number of aliphatic hydroxyl groups is 2. The van der Waals surface area contributed by atoms with E-state index in [4.69, 9.17) is 37.2 Å². The number of nitrogens with one attached hydrogen (secondary N) is 1. The summed E-state index contributed by atoms with van der Waals surface area (Å²) in [7, 11) is -1.45. The van der Waals surface area contributed by atoms with Crippen LogP contribution < -0.4 is 14.8 Å². The van der Waals surface area contributed by atoms with Gasteiger partial charge in [0.15, 0.2) is 11.5 Å². The van der Waals surface area contributed by atoms with Crippen molar-refractivity contribution in [3.63, 3.8) is 0 Å². The van der Waals surface area contributed by atoms with Crippen LogP contribution in [0.15, 0.2) is 18.2 Å². The van der Waals surface area contributed by atoms with Crippen molar-refractivity contribution in [3.05, 3.63) is 23.8 Å². The molecule has 10 heteroatoms. The van der Waals surface area contributed by atoms with Gasteiger partial charge in [-0.05, 0) is 30.7 Å². The van der Waals surface area contributed by atoms with E-state index in [2.05, 4.69) is 5.32 Å². The van der Waals surface area contributed by atoms with Gasteiger partial charge in [0, 0.05) is 6.54 Å². The molecule has 0 aromatic heterocycles. The average molecular weight is 353 g/mol. The maximum Gasteiger partial charge on any atom is 0.394 e. The fraction of sp³-hybridized carbons (Fsp3) is 0.538. The first-order valence-corrected chi connectivity index (χ1v) is 8.01. The third-order valence-electron chi connectivity index (χ3n) is 2.63. The van der Waals surface area contributed by atoms with Crippen LogP contribution in [-0.2, 0) is 16.8 Å². The van der Waals surface area contributed by atoms with Gasteiger partial charge in [-0.15, -0.1) is 0 Å². The molecule has 1 atom stereocenters. The second-order valence-electron chi connectivity index (χ2n) is 4.43. The Morgan fingerprint density at radius 2 is 1.74 bits per heavy atom. The minimum absolute atomic E-state index is 0.219. The molecule has 1 aromatic carbocycles. The molecule has 134 valence electrons. The molecular weight excluding hydrogens is 330 g/mol. The fourth-order valence-corrected chi connectivity index (χ4v) is 1.60. The first kappa shape index (κ1) is 21.6. The lowest BCUT2D eigenvalue weighted by Crippen LogP contribution is -2.30. The van der Waals surface area contributed by atoms with Crippen molar-refractivity contribution in [3.8, 4) is 11.5 Å². The lowest BCUT2D eigenvalue weighted by atomic mass is 10.1. The summed E-state index contributed by atoms with van der Waals surface area (Å²) in [6, 6.07) is 5.78. The summed E-state index contributed by atoms with van der Waals surface area (Å²) in [5.74, 6) is 1.43. The summed E-state index contributed by atoms with van der Waals surface area (Å²) in [6.07, 6.45) is 0.119. The number of rotatable bonds is 8. The molecule has 0 radical (unpaired) electrons. The Hall–Kier alpha value is -1.43. The van der Waals surface area contributed by atoms with E-state index >= 15 is 0 Å². The maximum atomic E-state index is 9.16. The van der Waals surface area contributed by atoms with Gasteiger partial charge in [-0.25, -0.2) is 0 Å². The van der Waals surface area contributed by atoms with Crippen LogP contribution in [0.1, 0.15) is 5.56 Å². The molecule has 0 spiro atoms. The van der Waals surface area contributed by atoms with Gasteiger partial charge in [-0.3, -0.25) is 9.11 Å². The summed E-state index contributed by atoms with van der Waals surface area (Å²) in [5, 5.41) is 20.9. The van der Waals surface area contributed by atoms with Crippen molar-refractivity contribution >= 4 is 10.4 Å². The van der Waals surface area contributed by atoms with Gasteiger partial charge in [0.2, 0.25) is 0 Å². The second kappa shape index (κ2) is 11.2. The van der Waals surface area contributed by atoms with E-state index in [9.17, 15) is 0 Å². The number of hydrogen-bond acceptors (Lipinski definition) is 7. The molecule has 0 fully saturated rings. The highest BCUT2D eigenvalue weighted by Gasteiger charge is 2.05. The van der Waals surface area contributed by atoms with Crippen LogP contribution in [0.5, 0.6) is 11.5 Å². The zero-order chi connectivity index (χ0) is 17.9. The minimum Gasteiger partial charge on any atom is -0.493 e. The standard InChI is InChI=1S/C13H21NO4.H2O4S/c1-17-12-4-3-10(7-13(12)18-2)5-6-14-8-11(16)9-15;1-5(2,3)4/h3-4,7,11,14-16H,5-6,8-9H2,1-2H3;(H2,1,2,3,4). The summed E-state index contributed by atoms with van der Waals surface area (Å²) < 4.78 is 42.0. The van der Waals surface area contributed by atoms with Crippen LogP contribution in [0.25, 0.3) is 0 Å². The Bertz CT molecular complexity index is 541. The van der Waals surface area contributed by atoms with Gasteiger partial charge in [0.05, 0.1) is 26.9 Å². The van der Waals surface area contributed by atoms with Gasteiger partial charge in [0.25, 0.3) is 0 Å².